The highest BCUT2D eigenvalue weighted by atomic mass is 16.4. The first-order valence-electron chi connectivity index (χ1n) is 9.42. The zero-order chi connectivity index (χ0) is 20.4. The van der Waals surface area contributed by atoms with E-state index in [4.69, 9.17) is 0 Å². The summed E-state index contributed by atoms with van der Waals surface area (Å²) in [6.07, 6.45) is 0.418. The minimum absolute atomic E-state index is 0.123. The van der Waals surface area contributed by atoms with Crippen molar-refractivity contribution in [3.63, 3.8) is 0 Å². The van der Waals surface area contributed by atoms with Crippen LogP contribution in [0.5, 0.6) is 0 Å². The van der Waals surface area contributed by atoms with Gasteiger partial charge in [-0.25, -0.2) is 4.68 Å². The number of aryl methyl sites for hydroxylation is 1. The average Bonchev–Trinajstić information content (AvgIpc) is 3.17. The van der Waals surface area contributed by atoms with Crippen molar-refractivity contribution in [2.75, 3.05) is 6.54 Å². The predicted octanol–water partition coefficient (Wildman–Crippen LogP) is 1.98. The van der Waals surface area contributed by atoms with Gasteiger partial charge in [0.2, 0.25) is 5.91 Å². The first-order valence-corrected chi connectivity index (χ1v) is 9.42. The minimum atomic E-state index is -0.937. The van der Waals surface area contributed by atoms with Gasteiger partial charge in [0.25, 0.3) is 0 Å². The summed E-state index contributed by atoms with van der Waals surface area (Å²) in [4.78, 5) is 27.0. The molecule has 0 bridgehead atoms. The number of nitrogens with zero attached hydrogens (tertiary/aromatic N) is 5. The number of carbonyl (C=O) groups excluding carboxylic acids is 1. The highest BCUT2D eigenvalue weighted by Gasteiger charge is 2.36. The van der Waals surface area contributed by atoms with Gasteiger partial charge < -0.3 is 10.0 Å². The Labute approximate surface area is 167 Å². The number of benzene rings is 2. The molecular weight excluding hydrogens is 370 g/mol. The molecule has 1 aliphatic heterocycles. The fourth-order valence-electron chi connectivity index (χ4n) is 3.84. The molecular formula is C21H21N5O3. The topological polar surface area (TPSA) is 101 Å². The second kappa shape index (κ2) is 7.83. The zero-order valence-electron chi connectivity index (χ0n) is 16.0. The molecule has 4 rings (SSSR count). The first-order chi connectivity index (χ1) is 14.0. The van der Waals surface area contributed by atoms with E-state index in [0.717, 1.165) is 16.7 Å². The summed E-state index contributed by atoms with van der Waals surface area (Å²) < 4.78 is 1.52. The van der Waals surface area contributed by atoms with Crippen molar-refractivity contribution in [2.24, 2.45) is 0 Å². The van der Waals surface area contributed by atoms with Gasteiger partial charge in [0.1, 0.15) is 11.9 Å². The molecule has 2 heterocycles. The summed E-state index contributed by atoms with van der Waals surface area (Å²) in [5, 5.41) is 21.3. The molecule has 1 N–H and O–H groups in total. The molecule has 2 aromatic carbocycles. The summed E-state index contributed by atoms with van der Waals surface area (Å²) in [5.74, 6) is -1.35. The van der Waals surface area contributed by atoms with E-state index < -0.39 is 17.9 Å². The second-order valence-electron chi connectivity index (χ2n) is 7.18. The van der Waals surface area contributed by atoms with Gasteiger partial charge in [0.05, 0.1) is 5.92 Å². The van der Waals surface area contributed by atoms with Crippen molar-refractivity contribution < 1.29 is 14.7 Å². The van der Waals surface area contributed by atoms with E-state index in [1.165, 1.54) is 4.68 Å². The lowest BCUT2D eigenvalue weighted by atomic mass is 9.89. The molecule has 2 atom stereocenters. The lowest BCUT2D eigenvalue weighted by Gasteiger charge is -2.35. The van der Waals surface area contributed by atoms with Crippen LogP contribution in [0.2, 0.25) is 0 Å². The number of hydrogen-bond acceptors (Lipinski definition) is 5. The van der Waals surface area contributed by atoms with Crippen molar-refractivity contribution in [3.05, 3.63) is 77.1 Å². The van der Waals surface area contributed by atoms with Crippen molar-refractivity contribution >= 4 is 11.9 Å². The number of tetrazole rings is 1. The van der Waals surface area contributed by atoms with E-state index in [2.05, 4.69) is 15.5 Å². The molecule has 0 aliphatic carbocycles. The molecule has 8 nitrogen and oxygen atoms in total. The molecule has 3 aromatic rings. The van der Waals surface area contributed by atoms with Gasteiger partial charge in [-0.2, -0.15) is 0 Å². The van der Waals surface area contributed by atoms with Crippen LogP contribution in [-0.4, -0.2) is 48.6 Å². The molecule has 1 aromatic heterocycles. The van der Waals surface area contributed by atoms with Gasteiger partial charge in [-0.1, -0.05) is 54.6 Å². The highest BCUT2D eigenvalue weighted by molar-refractivity contribution is 5.84. The summed E-state index contributed by atoms with van der Waals surface area (Å²) in [5.41, 5.74) is 2.60. The van der Waals surface area contributed by atoms with Crippen molar-refractivity contribution in [1.82, 2.24) is 25.1 Å². The Bertz CT molecular complexity index is 1030. The predicted molar refractivity (Wildman–Crippen MR) is 104 cm³/mol. The molecule has 0 radical (unpaired) electrons. The van der Waals surface area contributed by atoms with E-state index in [1.54, 1.807) is 11.8 Å². The number of fused-ring (bicyclic) bond motifs is 1. The third kappa shape index (κ3) is 3.73. The third-order valence-corrected chi connectivity index (χ3v) is 5.31. The molecule has 8 heteroatoms. The Kier molecular flexibility index (Phi) is 5.07. The molecule has 0 fully saturated rings. The fourth-order valence-corrected chi connectivity index (χ4v) is 3.84. The number of hydrogen-bond donors (Lipinski definition) is 1. The number of amides is 1. The van der Waals surface area contributed by atoms with E-state index in [9.17, 15) is 14.7 Å². The summed E-state index contributed by atoms with van der Waals surface area (Å²) in [7, 11) is 0. The van der Waals surface area contributed by atoms with Crippen LogP contribution < -0.4 is 0 Å². The normalized spacial score (nSPS) is 16.9. The summed E-state index contributed by atoms with van der Waals surface area (Å²) in [6.45, 7) is 2.24. The minimum Gasteiger partial charge on any atom is -0.481 e. The van der Waals surface area contributed by atoms with Crippen LogP contribution in [-0.2, 0) is 22.6 Å². The number of carboxylic acids is 1. The van der Waals surface area contributed by atoms with Crippen molar-refractivity contribution in [3.8, 4) is 0 Å². The second-order valence-corrected chi connectivity index (χ2v) is 7.18. The third-order valence-electron chi connectivity index (χ3n) is 5.31. The number of rotatable bonds is 5. The Balaban J connectivity index is 1.67. The highest BCUT2D eigenvalue weighted by Crippen LogP contribution is 2.30. The maximum absolute atomic E-state index is 13.5. The van der Waals surface area contributed by atoms with Crippen LogP contribution >= 0.6 is 0 Å². The van der Waals surface area contributed by atoms with Crippen LogP contribution in [0.15, 0.2) is 54.6 Å². The van der Waals surface area contributed by atoms with Crippen molar-refractivity contribution in [1.29, 1.82) is 0 Å². The molecule has 1 aliphatic rings. The molecule has 1 amide bonds. The van der Waals surface area contributed by atoms with Gasteiger partial charge in [0, 0.05) is 19.5 Å². The Morgan fingerprint density at radius 2 is 1.86 bits per heavy atom. The summed E-state index contributed by atoms with van der Waals surface area (Å²) >= 11 is 0. The molecule has 0 saturated heterocycles. The molecule has 0 saturated carbocycles. The Hall–Kier alpha value is -3.55. The lowest BCUT2D eigenvalue weighted by Crippen LogP contribution is -2.44. The maximum Gasteiger partial charge on any atom is 0.312 e. The standard InChI is InChI=1S/C21H21N5O3/c1-14-22-23-24-26(14)19(11-15-7-3-2-4-8-15)20(27)25-12-16-9-5-6-10-17(16)18(13-25)21(28)29/h2-10,18-19H,11-13H2,1H3,(H,28,29). The number of aromatic nitrogens is 4. The van der Waals surface area contributed by atoms with Crippen LogP contribution in [0.3, 0.4) is 0 Å². The lowest BCUT2D eigenvalue weighted by molar-refractivity contribution is -0.142. The average molecular weight is 391 g/mol. The molecule has 0 spiro atoms. The SMILES string of the molecule is Cc1nnnn1C(Cc1ccccc1)C(=O)N1Cc2ccccc2C(C(=O)O)C1. The van der Waals surface area contributed by atoms with E-state index >= 15 is 0 Å². The number of carbonyl (C=O) groups is 2. The zero-order valence-corrected chi connectivity index (χ0v) is 16.0. The Morgan fingerprint density at radius 3 is 2.55 bits per heavy atom. The van der Waals surface area contributed by atoms with Gasteiger partial charge in [-0.15, -0.1) is 5.10 Å². The molecule has 148 valence electrons. The quantitative estimate of drug-likeness (QED) is 0.714. The van der Waals surface area contributed by atoms with Crippen LogP contribution in [0.25, 0.3) is 0 Å². The van der Waals surface area contributed by atoms with E-state index in [0.29, 0.717) is 18.8 Å². The van der Waals surface area contributed by atoms with Gasteiger partial charge in [-0.05, 0) is 34.0 Å². The fraction of sp³-hybridized carbons (Fsp3) is 0.286. The first kappa shape index (κ1) is 18.8. The largest absolute Gasteiger partial charge is 0.481 e. The maximum atomic E-state index is 13.5. The van der Waals surface area contributed by atoms with E-state index in [1.807, 2.05) is 54.6 Å². The van der Waals surface area contributed by atoms with Crippen molar-refractivity contribution in [2.45, 2.75) is 31.8 Å². The summed E-state index contributed by atoms with van der Waals surface area (Å²) in [6, 6.07) is 16.4. The van der Waals surface area contributed by atoms with E-state index in [-0.39, 0.29) is 12.5 Å². The van der Waals surface area contributed by atoms with Gasteiger partial charge in [0.15, 0.2) is 0 Å². The Morgan fingerprint density at radius 1 is 1.14 bits per heavy atom. The van der Waals surface area contributed by atoms with Crippen LogP contribution in [0, 0.1) is 6.92 Å². The monoisotopic (exact) mass is 391 g/mol. The van der Waals surface area contributed by atoms with Gasteiger partial charge in [-0.3, -0.25) is 9.59 Å². The van der Waals surface area contributed by atoms with Gasteiger partial charge >= 0.3 is 5.97 Å². The number of aliphatic carboxylic acids is 1. The molecule has 29 heavy (non-hydrogen) atoms. The number of carboxylic acid groups (broad SMARTS) is 1. The molecule has 2 unspecified atom stereocenters. The van der Waals surface area contributed by atoms with Crippen LogP contribution in [0.1, 0.15) is 34.5 Å². The smallest absolute Gasteiger partial charge is 0.312 e. The van der Waals surface area contributed by atoms with Crippen LogP contribution in [0.4, 0.5) is 0 Å².